The van der Waals surface area contributed by atoms with E-state index in [1.165, 1.54) is 38.2 Å². The summed E-state index contributed by atoms with van der Waals surface area (Å²) >= 11 is 5.82. The Kier molecular flexibility index (Phi) is 7.23. The van der Waals surface area contributed by atoms with Crippen molar-refractivity contribution >= 4 is 39.1 Å². The van der Waals surface area contributed by atoms with E-state index in [1.807, 2.05) is 0 Å². The first kappa shape index (κ1) is 22.7. The van der Waals surface area contributed by atoms with Gasteiger partial charge >= 0.3 is 0 Å². The van der Waals surface area contributed by atoms with Crippen LogP contribution in [0.1, 0.15) is 18.1 Å². The van der Waals surface area contributed by atoms with Gasteiger partial charge in [-0.15, -0.1) is 0 Å². The van der Waals surface area contributed by atoms with Crippen molar-refractivity contribution < 1.29 is 23.1 Å². The lowest BCUT2D eigenvalue weighted by atomic mass is 10.1. The molecule has 0 heterocycles. The predicted octanol–water partition coefficient (Wildman–Crippen LogP) is 1.95. The molecule has 0 aliphatic carbocycles. The number of aryl methyl sites for hydroxylation is 1. The number of carbonyl (C=O) groups excluding carboxylic acids is 2. The van der Waals surface area contributed by atoms with Gasteiger partial charge in [-0.05, 0) is 56.3 Å². The second kappa shape index (κ2) is 9.25. The van der Waals surface area contributed by atoms with Crippen LogP contribution in [0.4, 0.5) is 5.69 Å². The molecule has 2 aromatic carbocycles. The molecular formula is C19H22ClN3O5S. The van der Waals surface area contributed by atoms with Crippen LogP contribution in [-0.2, 0) is 26.0 Å². The minimum atomic E-state index is -3.65. The van der Waals surface area contributed by atoms with E-state index < -0.39 is 27.9 Å². The summed E-state index contributed by atoms with van der Waals surface area (Å²) in [4.78, 5) is 24.6. The molecule has 2 amide bonds. The molecule has 2 rings (SSSR count). The zero-order valence-electron chi connectivity index (χ0n) is 16.1. The average molecular weight is 440 g/mol. The number of phenols is 1. The molecule has 0 radical (unpaired) electrons. The van der Waals surface area contributed by atoms with Crippen molar-refractivity contribution in [3.8, 4) is 5.75 Å². The highest BCUT2D eigenvalue weighted by molar-refractivity contribution is 7.89. The molecule has 156 valence electrons. The molecule has 4 N–H and O–H groups in total. The summed E-state index contributed by atoms with van der Waals surface area (Å²) in [6.07, 6.45) is -0.0213. The third-order valence-electron chi connectivity index (χ3n) is 4.19. The molecule has 0 spiro atoms. The molecule has 0 bridgehead atoms. The van der Waals surface area contributed by atoms with Crippen molar-refractivity contribution in [2.75, 3.05) is 12.4 Å². The molecule has 0 aliphatic rings. The Bertz CT molecular complexity index is 1040. The number of anilines is 1. The van der Waals surface area contributed by atoms with Crippen LogP contribution in [0.25, 0.3) is 0 Å². The fraction of sp³-hybridized carbons (Fsp3) is 0.263. The summed E-state index contributed by atoms with van der Waals surface area (Å²) in [5.41, 5.74) is 1.59. The second-order valence-corrected chi connectivity index (χ2v) is 8.72. The van der Waals surface area contributed by atoms with Crippen LogP contribution in [0, 0.1) is 6.92 Å². The van der Waals surface area contributed by atoms with Crippen LogP contribution in [0.2, 0.25) is 5.02 Å². The van der Waals surface area contributed by atoms with E-state index in [9.17, 15) is 23.1 Å². The number of hydrogen-bond acceptors (Lipinski definition) is 5. The van der Waals surface area contributed by atoms with Crippen molar-refractivity contribution in [2.45, 2.75) is 31.2 Å². The molecule has 1 unspecified atom stereocenters. The number of phenolic OH excluding ortho intramolecular Hbond substituents is 1. The van der Waals surface area contributed by atoms with E-state index >= 15 is 0 Å². The molecule has 0 saturated heterocycles. The van der Waals surface area contributed by atoms with E-state index in [4.69, 9.17) is 11.6 Å². The lowest BCUT2D eigenvalue weighted by molar-refractivity contribution is -0.125. The maximum absolute atomic E-state index is 12.4. The Labute approximate surface area is 174 Å². The Morgan fingerprint density at radius 2 is 1.86 bits per heavy atom. The van der Waals surface area contributed by atoms with Crippen molar-refractivity contribution in [1.82, 2.24) is 10.0 Å². The summed E-state index contributed by atoms with van der Waals surface area (Å²) < 4.78 is 26.1. The van der Waals surface area contributed by atoms with Gasteiger partial charge in [0.1, 0.15) is 11.8 Å². The predicted molar refractivity (Wildman–Crippen MR) is 110 cm³/mol. The summed E-state index contributed by atoms with van der Waals surface area (Å²) in [5, 5.41) is 14.8. The fourth-order valence-corrected chi connectivity index (χ4v) is 3.42. The molecule has 0 aliphatic heterocycles. The maximum atomic E-state index is 12.4. The summed E-state index contributed by atoms with van der Waals surface area (Å²) in [5.74, 6) is -0.983. The van der Waals surface area contributed by atoms with Gasteiger partial charge in [0.15, 0.2) is 0 Å². The van der Waals surface area contributed by atoms with Crippen molar-refractivity contribution in [3.05, 3.63) is 52.5 Å². The molecule has 0 saturated carbocycles. The highest BCUT2D eigenvalue weighted by Crippen LogP contribution is 2.24. The molecule has 0 fully saturated rings. The van der Waals surface area contributed by atoms with E-state index in [1.54, 1.807) is 19.1 Å². The Balaban J connectivity index is 2.04. The maximum Gasteiger partial charge on any atom is 0.246 e. The van der Waals surface area contributed by atoms with E-state index in [-0.39, 0.29) is 22.1 Å². The lowest BCUT2D eigenvalue weighted by Gasteiger charge is -2.16. The number of aromatic hydroxyl groups is 1. The normalized spacial score (nSPS) is 12.3. The van der Waals surface area contributed by atoms with Gasteiger partial charge in [-0.2, -0.15) is 0 Å². The average Bonchev–Trinajstić information content (AvgIpc) is 2.66. The van der Waals surface area contributed by atoms with E-state index in [0.29, 0.717) is 16.8 Å². The molecule has 29 heavy (non-hydrogen) atoms. The van der Waals surface area contributed by atoms with Crippen molar-refractivity contribution in [3.63, 3.8) is 0 Å². The van der Waals surface area contributed by atoms with Gasteiger partial charge in [0.25, 0.3) is 0 Å². The first-order chi connectivity index (χ1) is 13.5. The minimum Gasteiger partial charge on any atom is -0.506 e. The molecule has 10 heteroatoms. The smallest absolute Gasteiger partial charge is 0.246 e. The van der Waals surface area contributed by atoms with E-state index in [2.05, 4.69) is 15.4 Å². The Hall–Kier alpha value is -2.62. The number of carbonyl (C=O) groups is 2. The minimum absolute atomic E-state index is 0.0156. The van der Waals surface area contributed by atoms with Gasteiger partial charge in [0.2, 0.25) is 21.8 Å². The number of hydrogen-bond donors (Lipinski definition) is 4. The lowest BCUT2D eigenvalue weighted by Crippen LogP contribution is -2.42. The third kappa shape index (κ3) is 5.93. The van der Waals surface area contributed by atoms with Crippen molar-refractivity contribution in [2.24, 2.45) is 0 Å². The molecule has 0 aromatic heterocycles. The number of rotatable bonds is 7. The largest absolute Gasteiger partial charge is 0.506 e. The van der Waals surface area contributed by atoms with Crippen LogP contribution in [0.3, 0.4) is 0 Å². The third-order valence-corrected chi connectivity index (χ3v) is 5.91. The van der Waals surface area contributed by atoms with Gasteiger partial charge in [-0.3, -0.25) is 9.59 Å². The topological polar surface area (TPSA) is 125 Å². The number of amides is 2. The first-order valence-electron chi connectivity index (χ1n) is 8.65. The molecule has 1 atom stereocenters. The second-order valence-electron chi connectivity index (χ2n) is 6.43. The fourth-order valence-electron chi connectivity index (χ4n) is 2.47. The van der Waals surface area contributed by atoms with Crippen LogP contribution < -0.4 is 15.4 Å². The quantitative estimate of drug-likeness (QED) is 0.524. The Morgan fingerprint density at radius 3 is 2.48 bits per heavy atom. The number of halogens is 1. The standard InChI is InChI=1S/C19H22ClN3O5S/c1-11-4-6-14(29(27,28)21-3)10-16(11)23-19(26)12(2)22-18(25)9-13-5-7-17(24)15(20)8-13/h4-8,10,12,21,24H,9H2,1-3H3,(H,22,25)(H,23,26). The summed E-state index contributed by atoms with van der Waals surface area (Å²) in [6, 6.07) is 7.92. The van der Waals surface area contributed by atoms with Gasteiger partial charge < -0.3 is 15.7 Å². The van der Waals surface area contributed by atoms with Gasteiger partial charge in [-0.25, -0.2) is 13.1 Å². The van der Waals surface area contributed by atoms with Crippen LogP contribution in [-0.4, -0.2) is 38.4 Å². The van der Waals surface area contributed by atoms with Gasteiger partial charge in [0.05, 0.1) is 16.3 Å². The molecular weight excluding hydrogens is 418 g/mol. The SMILES string of the molecule is CNS(=O)(=O)c1ccc(C)c(NC(=O)C(C)NC(=O)Cc2ccc(O)c(Cl)c2)c1. The van der Waals surface area contributed by atoms with Crippen LogP contribution in [0.5, 0.6) is 5.75 Å². The zero-order valence-corrected chi connectivity index (χ0v) is 17.7. The number of nitrogens with one attached hydrogen (secondary N) is 3. The van der Waals surface area contributed by atoms with Gasteiger partial charge in [-0.1, -0.05) is 23.7 Å². The Morgan fingerprint density at radius 1 is 1.17 bits per heavy atom. The number of sulfonamides is 1. The monoisotopic (exact) mass is 439 g/mol. The molecule has 2 aromatic rings. The highest BCUT2D eigenvalue weighted by atomic mass is 35.5. The number of benzene rings is 2. The van der Waals surface area contributed by atoms with E-state index in [0.717, 1.165) is 0 Å². The summed E-state index contributed by atoms with van der Waals surface area (Å²) in [6.45, 7) is 3.24. The molecule has 8 nitrogen and oxygen atoms in total. The first-order valence-corrected chi connectivity index (χ1v) is 10.5. The van der Waals surface area contributed by atoms with Gasteiger partial charge in [0, 0.05) is 5.69 Å². The van der Waals surface area contributed by atoms with Crippen LogP contribution in [0.15, 0.2) is 41.3 Å². The van der Waals surface area contributed by atoms with Crippen molar-refractivity contribution in [1.29, 1.82) is 0 Å². The summed E-state index contributed by atoms with van der Waals surface area (Å²) in [7, 11) is -2.36. The zero-order chi connectivity index (χ0) is 21.8. The van der Waals surface area contributed by atoms with Crippen LogP contribution >= 0.6 is 11.6 Å². The highest BCUT2D eigenvalue weighted by Gasteiger charge is 2.19.